The minimum Gasteiger partial charge on any atom is -0.275 e. The fraction of sp³-hybridized carbons (Fsp3) is 0.0238. The van der Waals surface area contributed by atoms with E-state index in [9.17, 15) is 4.79 Å². The predicted molar refractivity (Wildman–Crippen MR) is 199 cm³/mol. The van der Waals surface area contributed by atoms with Gasteiger partial charge in [0.1, 0.15) is 3.72 Å². The lowest BCUT2D eigenvalue weighted by Gasteiger charge is -2.30. The van der Waals surface area contributed by atoms with Crippen LogP contribution in [-0.4, -0.2) is 12.1 Å². The quantitative estimate of drug-likeness (QED) is 0.124. The highest BCUT2D eigenvalue weighted by atomic mass is 127. The second-order valence-corrected chi connectivity index (χ2v) is 14.8. The van der Waals surface area contributed by atoms with E-state index in [1.807, 2.05) is 16.7 Å². The highest BCUT2D eigenvalue weighted by molar-refractivity contribution is 14.2. The lowest BCUT2D eigenvalue weighted by atomic mass is 9.70. The summed E-state index contributed by atoms with van der Waals surface area (Å²) in [7, 11) is 0. The molecule has 0 amide bonds. The molecule has 214 valence electrons. The fourth-order valence-electron chi connectivity index (χ4n) is 8.69. The summed E-state index contributed by atoms with van der Waals surface area (Å²) < 4.78 is 5.29. The predicted octanol–water partition coefficient (Wildman–Crippen LogP) is 9.59. The minimum atomic E-state index is -0.420. The van der Waals surface area contributed by atoms with Crippen LogP contribution in [0.3, 0.4) is 0 Å². The third-order valence-electron chi connectivity index (χ3n) is 10.4. The Kier molecular flexibility index (Phi) is 4.76. The van der Waals surface area contributed by atoms with Gasteiger partial charge in [-0.15, -0.1) is 0 Å². The Bertz CT molecular complexity index is 2790. The van der Waals surface area contributed by atoms with Crippen LogP contribution in [0.1, 0.15) is 27.8 Å². The Morgan fingerprint density at radius 3 is 1.89 bits per heavy atom. The summed E-state index contributed by atoms with van der Waals surface area (Å²) in [5.41, 5.74) is 12.9. The first-order chi connectivity index (χ1) is 22.7. The maximum Gasteiger partial charge on any atom is 0.263 e. The van der Waals surface area contributed by atoms with E-state index < -0.39 is 5.41 Å². The van der Waals surface area contributed by atoms with Gasteiger partial charge in [0.15, 0.2) is 0 Å². The summed E-state index contributed by atoms with van der Waals surface area (Å²) in [5.74, 6) is 0. The van der Waals surface area contributed by atoms with E-state index in [1.165, 1.54) is 44.5 Å². The first kappa shape index (κ1) is 25.0. The van der Waals surface area contributed by atoms with Crippen LogP contribution in [0, 0.1) is 0 Å². The third kappa shape index (κ3) is 2.88. The van der Waals surface area contributed by atoms with Crippen molar-refractivity contribution < 1.29 is 0 Å². The van der Waals surface area contributed by atoms with E-state index in [0.717, 1.165) is 47.2 Å². The van der Waals surface area contributed by atoms with Crippen molar-refractivity contribution >= 4 is 66.4 Å². The maximum absolute atomic E-state index is 14.6. The molecule has 0 radical (unpaired) electrons. The SMILES string of the molecule is O=c1c2cc(C3=NC=CC=I3)ccc2c2cccc3c4cc5c(cc4n1c23)-c1ccccc1C51c2ccccc2-c2ccccc21. The van der Waals surface area contributed by atoms with E-state index in [1.54, 1.807) is 0 Å². The molecule has 6 aromatic carbocycles. The number of aromatic nitrogens is 1. The molecular formula is C42H23IN2O. The zero-order valence-electron chi connectivity index (χ0n) is 24.5. The highest BCUT2D eigenvalue weighted by Gasteiger charge is 2.51. The van der Waals surface area contributed by atoms with Crippen molar-refractivity contribution in [2.75, 3.05) is 0 Å². The van der Waals surface area contributed by atoms with Crippen molar-refractivity contribution in [2.45, 2.75) is 5.41 Å². The molecule has 0 atom stereocenters. The first-order valence-electron chi connectivity index (χ1n) is 15.5. The summed E-state index contributed by atoms with van der Waals surface area (Å²) >= 11 is -0.320. The normalized spacial score (nSPS) is 15.3. The summed E-state index contributed by atoms with van der Waals surface area (Å²) in [6, 6.07) is 44.2. The number of rotatable bonds is 1. The van der Waals surface area contributed by atoms with Gasteiger partial charge < -0.3 is 0 Å². The number of pyridine rings is 1. The maximum atomic E-state index is 14.6. The highest BCUT2D eigenvalue weighted by Crippen LogP contribution is 2.63. The number of halogens is 1. The second kappa shape index (κ2) is 8.74. The second-order valence-electron chi connectivity index (χ2n) is 12.4. The monoisotopic (exact) mass is 698 g/mol. The molecule has 46 heavy (non-hydrogen) atoms. The molecule has 1 spiro atoms. The van der Waals surface area contributed by atoms with E-state index >= 15 is 0 Å². The van der Waals surface area contributed by atoms with Crippen LogP contribution < -0.4 is 5.56 Å². The average molecular weight is 699 g/mol. The molecule has 4 heteroatoms. The van der Waals surface area contributed by atoms with Gasteiger partial charge in [0.05, 0.1) is 16.4 Å². The van der Waals surface area contributed by atoms with Gasteiger partial charge in [0.25, 0.3) is 5.56 Å². The molecule has 2 aliphatic carbocycles. The topological polar surface area (TPSA) is 33.8 Å². The molecule has 3 nitrogen and oxygen atoms in total. The van der Waals surface area contributed by atoms with Crippen molar-refractivity contribution in [3.05, 3.63) is 172 Å². The Hall–Kier alpha value is -5.20. The zero-order valence-corrected chi connectivity index (χ0v) is 26.6. The lowest BCUT2D eigenvalue weighted by Crippen LogP contribution is -2.25. The van der Waals surface area contributed by atoms with E-state index in [0.29, 0.717) is 0 Å². The number of fused-ring (bicyclic) bond motifs is 15. The molecule has 0 N–H and O–H groups in total. The van der Waals surface area contributed by atoms with Crippen LogP contribution in [0.4, 0.5) is 0 Å². The summed E-state index contributed by atoms with van der Waals surface area (Å²) in [4.78, 5) is 19.3. The Balaban J connectivity index is 1.30. The summed E-state index contributed by atoms with van der Waals surface area (Å²) in [5, 5.41) is 5.08. The Morgan fingerprint density at radius 1 is 0.565 bits per heavy atom. The van der Waals surface area contributed by atoms with Crippen molar-refractivity contribution in [2.24, 2.45) is 4.99 Å². The number of nitrogens with zero attached hydrogens (tertiary/aromatic N) is 2. The molecule has 0 saturated heterocycles. The van der Waals surface area contributed by atoms with Gasteiger partial charge in [-0.3, -0.25) is 14.2 Å². The third-order valence-corrected chi connectivity index (χ3v) is 12.7. The first-order valence-corrected chi connectivity index (χ1v) is 17.9. The van der Waals surface area contributed by atoms with Gasteiger partial charge in [-0.2, -0.15) is 0 Å². The van der Waals surface area contributed by atoms with Crippen molar-refractivity contribution in [1.29, 1.82) is 0 Å². The van der Waals surface area contributed by atoms with Crippen LogP contribution in [0.2, 0.25) is 0 Å². The van der Waals surface area contributed by atoms with E-state index in [4.69, 9.17) is 0 Å². The number of para-hydroxylation sites is 1. The van der Waals surface area contributed by atoms with E-state index in [2.05, 4.69) is 130 Å². The molecule has 3 aliphatic rings. The van der Waals surface area contributed by atoms with Crippen LogP contribution >= 0.6 is 20.7 Å². The molecular weight excluding hydrogens is 675 g/mol. The summed E-state index contributed by atoms with van der Waals surface area (Å²) in [6.45, 7) is 0. The molecule has 1 aliphatic heterocycles. The molecule has 0 fully saturated rings. The standard InChI is InChI=1S/C42H23IN2O/c46-41-33-21-24(40-43-19-8-20-44-40)17-18-25(33)29-12-7-13-30-32-22-37-31(23-38(32)45(41)39(29)30)28-11-3-6-16-36(28)42(37)34-14-4-1-9-26(34)27-10-2-5-15-35(27)42/h1-23H. The number of allylic oxidation sites excluding steroid dienone is 1. The van der Waals surface area contributed by atoms with Crippen LogP contribution in [0.15, 0.2) is 143 Å². The van der Waals surface area contributed by atoms with Gasteiger partial charge in [0.2, 0.25) is 0 Å². The van der Waals surface area contributed by atoms with Crippen LogP contribution in [0.5, 0.6) is 0 Å². The average Bonchev–Trinajstić information content (AvgIpc) is 3.72. The van der Waals surface area contributed by atoms with Crippen LogP contribution in [0.25, 0.3) is 60.2 Å². The zero-order chi connectivity index (χ0) is 30.1. The Labute approximate surface area is 273 Å². The van der Waals surface area contributed by atoms with Gasteiger partial charge in [0, 0.05) is 33.3 Å². The number of aliphatic imine (C=N–C) groups is 1. The van der Waals surface area contributed by atoms with Gasteiger partial charge in [-0.1, -0.05) is 124 Å². The molecule has 11 rings (SSSR count). The molecule has 0 unspecified atom stereocenters. The fourth-order valence-corrected chi connectivity index (χ4v) is 10.4. The Morgan fingerprint density at radius 2 is 1.22 bits per heavy atom. The largest absolute Gasteiger partial charge is 0.275 e. The molecule has 8 aromatic rings. The molecule has 0 bridgehead atoms. The smallest absolute Gasteiger partial charge is 0.263 e. The number of benzene rings is 6. The van der Waals surface area contributed by atoms with Crippen LogP contribution in [-0.2, 0) is 5.41 Å². The van der Waals surface area contributed by atoms with Crippen molar-refractivity contribution in [3.63, 3.8) is 0 Å². The van der Waals surface area contributed by atoms with Crippen molar-refractivity contribution in [3.8, 4) is 22.3 Å². The van der Waals surface area contributed by atoms with Gasteiger partial charge in [-0.05, 0) is 78.2 Å². The molecule has 2 aromatic heterocycles. The molecule has 3 heterocycles. The summed E-state index contributed by atoms with van der Waals surface area (Å²) in [6.07, 6.45) is 3.87. The van der Waals surface area contributed by atoms with Gasteiger partial charge >= 0.3 is 0 Å². The minimum absolute atomic E-state index is 0.0298. The number of hydrogen-bond acceptors (Lipinski definition) is 2. The van der Waals surface area contributed by atoms with Crippen molar-refractivity contribution in [1.82, 2.24) is 4.40 Å². The van der Waals surface area contributed by atoms with Gasteiger partial charge in [-0.25, -0.2) is 0 Å². The lowest BCUT2D eigenvalue weighted by molar-refractivity contribution is 0.795. The van der Waals surface area contributed by atoms with E-state index in [-0.39, 0.29) is 26.3 Å². The molecule has 0 saturated carbocycles. The number of hydrogen-bond donors (Lipinski definition) is 0.